The molecule has 1 aliphatic rings. The van der Waals surface area contributed by atoms with Crippen molar-refractivity contribution in [2.24, 2.45) is 0 Å². The van der Waals surface area contributed by atoms with Gasteiger partial charge in [-0.25, -0.2) is 0 Å². The van der Waals surface area contributed by atoms with E-state index in [1.165, 1.54) is 22.7 Å². The second kappa shape index (κ2) is 7.66. The van der Waals surface area contributed by atoms with Crippen LogP contribution < -0.4 is 10.6 Å². The minimum atomic E-state index is -0.448. The molecule has 0 radical (unpaired) electrons. The standard InChI is InChI=1S/C20H23N3O3S2/c1-19(2)9-13-14(10-21)18(28-17(13)20(3,4)23-19)22-15(24)11-26-16(25)8-12-6-5-7-27-12/h5-7,23H,8-9,11H2,1-4H3,(H,22,24). The van der Waals surface area contributed by atoms with Gasteiger partial charge in [0.15, 0.2) is 6.61 Å². The van der Waals surface area contributed by atoms with E-state index < -0.39 is 11.9 Å². The van der Waals surface area contributed by atoms with Crippen molar-refractivity contribution in [2.75, 3.05) is 11.9 Å². The maximum atomic E-state index is 12.3. The molecule has 2 aromatic heterocycles. The molecular weight excluding hydrogens is 394 g/mol. The number of carbonyl (C=O) groups excluding carboxylic acids is 2. The molecule has 1 aliphatic heterocycles. The summed E-state index contributed by atoms with van der Waals surface area (Å²) in [6.07, 6.45) is 0.855. The van der Waals surface area contributed by atoms with E-state index in [-0.39, 0.29) is 24.1 Å². The second-order valence-electron chi connectivity index (χ2n) is 8.00. The lowest BCUT2D eigenvalue weighted by molar-refractivity contribution is -0.146. The Bertz CT molecular complexity index is 937. The van der Waals surface area contributed by atoms with E-state index in [0.29, 0.717) is 17.0 Å². The van der Waals surface area contributed by atoms with Gasteiger partial charge < -0.3 is 15.4 Å². The van der Waals surface area contributed by atoms with Crippen LogP contribution in [-0.2, 0) is 32.7 Å². The van der Waals surface area contributed by atoms with Crippen molar-refractivity contribution in [1.82, 2.24) is 5.32 Å². The molecule has 0 saturated heterocycles. The van der Waals surface area contributed by atoms with Gasteiger partial charge in [-0.3, -0.25) is 9.59 Å². The third-order valence-corrected chi connectivity index (χ3v) is 6.82. The lowest BCUT2D eigenvalue weighted by Gasteiger charge is -2.42. The first-order chi connectivity index (χ1) is 13.1. The van der Waals surface area contributed by atoms with Crippen molar-refractivity contribution in [3.63, 3.8) is 0 Å². The Morgan fingerprint density at radius 1 is 1.36 bits per heavy atom. The maximum absolute atomic E-state index is 12.3. The number of esters is 1. The molecule has 0 unspecified atom stereocenters. The van der Waals surface area contributed by atoms with Crippen LogP contribution in [0.1, 0.15) is 48.6 Å². The van der Waals surface area contributed by atoms with Gasteiger partial charge in [0.1, 0.15) is 11.1 Å². The van der Waals surface area contributed by atoms with E-state index in [1.807, 2.05) is 17.5 Å². The number of nitriles is 1. The van der Waals surface area contributed by atoms with Crippen molar-refractivity contribution in [3.05, 3.63) is 38.4 Å². The third kappa shape index (κ3) is 4.43. The molecule has 28 heavy (non-hydrogen) atoms. The van der Waals surface area contributed by atoms with Gasteiger partial charge in [-0.1, -0.05) is 6.07 Å². The Morgan fingerprint density at radius 2 is 2.11 bits per heavy atom. The van der Waals surface area contributed by atoms with Crippen LogP contribution in [0.4, 0.5) is 5.00 Å². The van der Waals surface area contributed by atoms with E-state index in [4.69, 9.17) is 4.74 Å². The highest BCUT2D eigenvalue weighted by molar-refractivity contribution is 7.17. The molecule has 0 aromatic carbocycles. The first kappa shape index (κ1) is 20.5. The summed E-state index contributed by atoms with van der Waals surface area (Å²) in [5.41, 5.74) is 1.03. The van der Waals surface area contributed by atoms with Crippen LogP contribution in [0.15, 0.2) is 17.5 Å². The number of anilines is 1. The smallest absolute Gasteiger partial charge is 0.311 e. The van der Waals surface area contributed by atoms with Gasteiger partial charge >= 0.3 is 5.97 Å². The van der Waals surface area contributed by atoms with Crippen molar-refractivity contribution in [3.8, 4) is 6.07 Å². The summed E-state index contributed by atoms with van der Waals surface area (Å²) in [6.45, 7) is 7.97. The molecule has 2 aromatic rings. The van der Waals surface area contributed by atoms with Crippen LogP contribution in [0, 0.1) is 11.3 Å². The molecule has 0 bridgehead atoms. The Kier molecular flexibility index (Phi) is 5.62. The van der Waals surface area contributed by atoms with Crippen LogP contribution in [0.5, 0.6) is 0 Å². The maximum Gasteiger partial charge on any atom is 0.311 e. The van der Waals surface area contributed by atoms with Crippen molar-refractivity contribution >= 4 is 39.6 Å². The zero-order valence-corrected chi connectivity index (χ0v) is 18.0. The van der Waals surface area contributed by atoms with Crippen molar-refractivity contribution < 1.29 is 14.3 Å². The molecule has 148 valence electrons. The molecular formula is C20H23N3O3S2. The topological polar surface area (TPSA) is 91.2 Å². The van der Waals surface area contributed by atoms with E-state index in [1.54, 1.807) is 0 Å². The molecule has 0 saturated carbocycles. The van der Waals surface area contributed by atoms with E-state index in [9.17, 15) is 14.9 Å². The molecule has 0 fully saturated rings. The van der Waals surface area contributed by atoms with Crippen LogP contribution >= 0.6 is 22.7 Å². The molecule has 1 amide bonds. The first-order valence-corrected chi connectivity index (χ1v) is 10.6. The zero-order valence-electron chi connectivity index (χ0n) is 16.3. The number of hydrogen-bond acceptors (Lipinski definition) is 7. The highest BCUT2D eigenvalue weighted by atomic mass is 32.1. The second-order valence-corrected chi connectivity index (χ2v) is 10.1. The SMILES string of the molecule is CC1(C)Cc2c(sc(NC(=O)COC(=O)Cc3cccs3)c2C#N)C(C)(C)N1. The molecule has 0 aliphatic carbocycles. The minimum absolute atomic E-state index is 0.149. The van der Waals surface area contributed by atoms with Crippen LogP contribution in [-0.4, -0.2) is 24.0 Å². The molecule has 2 N–H and O–H groups in total. The summed E-state index contributed by atoms with van der Waals surface area (Å²) in [7, 11) is 0. The number of carbonyl (C=O) groups is 2. The number of ether oxygens (including phenoxy) is 1. The van der Waals surface area contributed by atoms with E-state index in [2.05, 4.69) is 44.4 Å². The Labute approximate surface area is 172 Å². The Morgan fingerprint density at radius 3 is 2.75 bits per heavy atom. The van der Waals surface area contributed by atoms with Crippen molar-refractivity contribution in [2.45, 2.75) is 51.6 Å². The van der Waals surface area contributed by atoms with Crippen molar-refractivity contribution in [1.29, 1.82) is 5.26 Å². The highest BCUT2D eigenvalue weighted by Gasteiger charge is 2.40. The lowest BCUT2D eigenvalue weighted by atomic mass is 9.81. The number of nitrogens with zero attached hydrogens (tertiary/aromatic N) is 1. The Hall–Kier alpha value is -2.21. The number of rotatable bonds is 5. The third-order valence-electron chi connectivity index (χ3n) is 4.47. The number of amides is 1. The van der Waals surface area contributed by atoms with Gasteiger partial charge in [0.25, 0.3) is 5.91 Å². The average Bonchev–Trinajstić information content (AvgIpc) is 3.19. The summed E-state index contributed by atoms with van der Waals surface area (Å²) in [6, 6.07) is 5.95. The average molecular weight is 418 g/mol. The molecule has 0 spiro atoms. The van der Waals surface area contributed by atoms with Gasteiger partial charge in [-0.05, 0) is 51.1 Å². The predicted molar refractivity (Wildman–Crippen MR) is 111 cm³/mol. The minimum Gasteiger partial charge on any atom is -0.455 e. The van der Waals surface area contributed by atoms with Crippen LogP contribution in [0.2, 0.25) is 0 Å². The van der Waals surface area contributed by atoms with Crippen LogP contribution in [0.3, 0.4) is 0 Å². The normalized spacial score (nSPS) is 16.7. The van der Waals surface area contributed by atoms with E-state index in [0.717, 1.165) is 15.3 Å². The van der Waals surface area contributed by atoms with Gasteiger partial charge in [-0.15, -0.1) is 22.7 Å². The summed E-state index contributed by atoms with van der Waals surface area (Å²) in [4.78, 5) is 26.1. The number of hydrogen-bond donors (Lipinski definition) is 2. The lowest BCUT2D eigenvalue weighted by Crippen LogP contribution is -2.54. The van der Waals surface area contributed by atoms with Gasteiger partial charge in [0, 0.05) is 20.8 Å². The number of nitrogens with one attached hydrogen (secondary N) is 2. The Balaban J connectivity index is 1.69. The van der Waals surface area contributed by atoms with Gasteiger partial charge in [0.2, 0.25) is 0 Å². The molecule has 6 nitrogen and oxygen atoms in total. The summed E-state index contributed by atoms with van der Waals surface area (Å²) in [5.74, 6) is -0.893. The molecule has 3 heterocycles. The summed E-state index contributed by atoms with van der Waals surface area (Å²) >= 11 is 2.87. The van der Waals surface area contributed by atoms with Crippen LogP contribution in [0.25, 0.3) is 0 Å². The van der Waals surface area contributed by atoms with Gasteiger partial charge in [0.05, 0.1) is 12.0 Å². The fourth-order valence-corrected chi connectivity index (χ4v) is 5.58. The quantitative estimate of drug-likeness (QED) is 0.726. The largest absolute Gasteiger partial charge is 0.455 e. The fourth-order valence-electron chi connectivity index (χ4n) is 3.65. The van der Waals surface area contributed by atoms with Gasteiger partial charge in [-0.2, -0.15) is 5.26 Å². The monoisotopic (exact) mass is 417 g/mol. The summed E-state index contributed by atoms with van der Waals surface area (Å²) < 4.78 is 5.06. The predicted octanol–water partition coefficient (Wildman–Crippen LogP) is 3.57. The highest BCUT2D eigenvalue weighted by Crippen LogP contribution is 2.44. The molecule has 3 rings (SSSR count). The molecule has 0 atom stereocenters. The zero-order chi connectivity index (χ0) is 20.5. The summed E-state index contributed by atoms with van der Waals surface area (Å²) in [5, 5.41) is 18.4. The first-order valence-electron chi connectivity index (χ1n) is 8.95. The number of thiophene rings is 2. The number of fused-ring (bicyclic) bond motifs is 1. The molecule has 8 heteroatoms. The van der Waals surface area contributed by atoms with E-state index >= 15 is 0 Å². The fraction of sp³-hybridized carbons (Fsp3) is 0.450.